The summed E-state index contributed by atoms with van der Waals surface area (Å²) in [4.78, 5) is 20.5. The molecule has 1 amide bonds. The first-order chi connectivity index (χ1) is 8.94. The normalized spacial score (nSPS) is 17.1. The SMILES string of the molecule is CN(CC1(N(C)C)CCC1)C(=O)c1ccc(Br)cn1. The van der Waals surface area contributed by atoms with Crippen molar-refractivity contribution in [3.8, 4) is 0 Å². The lowest BCUT2D eigenvalue weighted by Crippen LogP contribution is -2.57. The molecular formula is C14H20BrN3O. The van der Waals surface area contributed by atoms with Crippen LogP contribution in [0.5, 0.6) is 0 Å². The van der Waals surface area contributed by atoms with Gasteiger partial charge in [0.2, 0.25) is 0 Å². The topological polar surface area (TPSA) is 36.4 Å². The van der Waals surface area contributed by atoms with E-state index in [1.165, 1.54) is 6.42 Å². The molecule has 1 aromatic rings. The Labute approximate surface area is 122 Å². The second-order valence-electron chi connectivity index (χ2n) is 5.50. The molecular weight excluding hydrogens is 306 g/mol. The first kappa shape index (κ1) is 14.5. The fourth-order valence-electron chi connectivity index (χ4n) is 2.54. The van der Waals surface area contributed by atoms with Crippen LogP contribution in [-0.2, 0) is 0 Å². The number of rotatable bonds is 4. The van der Waals surface area contributed by atoms with E-state index in [0.717, 1.165) is 23.9 Å². The number of carbonyl (C=O) groups is 1. The molecule has 0 saturated heterocycles. The van der Waals surface area contributed by atoms with Crippen LogP contribution in [0.4, 0.5) is 0 Å². The molecule has 0 unspecified atom stereocenters. The molecule has 0 aliphatic heterocycles. The molecule has 19 heavy (non-hydrogen) atoms. The van der Waals surface area contributed by atoms with Crippen molar-refractivity contribution in [3.63, 3.8) is 0 Å². The number of hydrogen-bond acceptors (Lipinski definition) is 3. The van der Waals surface area contributed by atoms with Gasteiger partial charge in [0, 0.05) is 29.8 Å². The third kappa shape index (κ3) is 2.98. The quantitative estimate of drug-likeness (QED) is 0.852. The minimum absolute atomic E-state index is 0.0133. The minimum atomic E-state index is -0.0133. The van der Waals surface area contributed by atoms with Crippen molar-refractivity contribution in [3.05, 3.63) is 28.5 Å². The van der Waals surface area contributed by atoms with Gasteiger partial charge in [-0.3, -0.25) is 4.79 Å². The van der Waals surface area contributed by atoms with Gasteiger partial charge in [-0.05, 0) is 61.4 Å². The smallest absolute Gasteiger partial charge is 0.272 e. The molecule has 4 nitrogen and oxygen atoms in total. The second-order valence-corrected chi connectivity index (χ2v) is 6.41. The summed E-state index contributed by atoms with van der Waals surface area (Å²) in [5, 5.41) is 0. The van der Waals surface area contributed by atoms with E-state index in [2.05, 4.69) is 39.9 Å². The van der Waals surface area contributed by atoms with Crippen LogP contribution in [-0.4, -0.2) is 53.9 Å². The lowest BCUT2D eigenvalue weighted by atomic mass is 9.75. The third-order valence-corrected chi connectivity index (χ3v) is 4.53. The number of pyridine rings is 1. The maximum atomic E-state index is 12.3. The molecule has 1 fully saturated rings. The predicted octanol–water partition coefficient (Wildman–Crippen LogP) is 2.40. The molecule has 1 heterocycles. The summed E-state index contributed by atoms with van der Waals surface area (Å²) in [6.07, 6.45) is 5.22. The van der Waals surface area contributed by atoms with Crippen molar-refractivity contribution in [1.82, 2.24) is 14.8 Å². The highest BCUT2D eigenvalue weighted by Gasteiger charge is 2.40. The Bertz CT molecular complexity index is 454. The van der Waals surface area contributed by atoms with E-state index in [4.69, 9.17) is 0 Å². The first-order valence-corrected chi connectivity index (χ1v) is 7.28. The highest BCUT2D eigenvalue weighted by atomic mass is 79.9. The van der Waals surface area contributed by atoms with E-state index >= 15 is 0 Å². The van der Waals surface area contributed by atoms with E-state index in [1.807, 2.05) is 13.1 Å². The zero-order chi connectivity index (χ0) is 14.0. The average Bonchev–Trinajstić information content (AvgIpc) is 2.33. The molecule has 0 spiro atoms. The fourth-order valence-corrected chi connectivity index (χ4v) is 2.78. The van der Waals surface area contributed by atoms with E-state index in [-0.39, 0.29) is 11.4 Å². The van der Waals surface area contributed by atoms with Crippen LogP contribution in [0.25, 0.3) is 0 Å². The Morgan fingerprint density at radius 3 is 2.47 bits per heavy atom. The maximum absolute atomic E-state index is 12.3. The molecule has 5 heteroatoms. The highest BCUT2D eigenvalue weighted by Crippen LogP contribution is 2.36. The summed E-state index contributed by atoms with van der Waals surface area (Å²) in [5.74, 6) is -0.0133. The van der Waals surface area contributed by atoms with Crippen LogP contribution in [0.2, 0.25) is 0 Å². The Kier molecular flexibility index (Phi) is 4.26. The molecule has 0 aromatic carbocycles. The molecule has 1 aliphatic rings. The number of likely N-dealkylation sites (N-methyl/N-ethyl adjacent to an activating group) is 2. The maximum Gasteiger partial charge on any atom is 0.272 e. The van der Waals surface area contributed by atoms with Crippen molar-refractivity contribution in [1.29, 1.82) is 0 Å². The molecule has 1 aromatic heterocycles. The highest BCUT2D eigenvalue weighted by molar-refractivity contribution is 9.10. The van der Waals surface area contributed by atoms with Crippen molar-refractivity contribution >= 4 is 21.8 Å². The summed E-state index contributed by atoms with van der Waals surface area (Å²) < 4.78 is 0.885. The van der Waals surface area contributed by atoms with Gasteiger partial charge in [-0.15, -0.1) is 0 Å². The van der Waals surface area contributed by atoms with E-state index in [0.29, 0.717) is 5.69 Å². The molecule has 2 rings (SSSR count). The van der Waals surface area contributed by atoms with E-state index < -0.39 is 0 Å². The number of halogens is 1. The van der Waals surface area contributed by atoms with Crippen molar-refractivity contribution < 1.29 is 4.79 Å². The van der Waals surface area contributed by atoms with Gasteiger partial charge in [-0.25, -0.2) is 4.98 Å². The predicted molar refractivity (Wildman–Crippen MR) is 79.2 cm³/mol. The van der Waals surface area contributed by atoms with Crippen LogP contribution < -0.4 is 0 Å². The standard InChI is InChI=1S/C14H20BrN3O/c1-17(2)14(7-4-8-14)10-18(3)13(19)12-6-5-11(15)9-16-12/h5-6,9H,4,7-8,10H2,1-3H3. The van der Waals surface area contributed by atoms with Crippen LogP contribution in [0.1, 0.15) is 29.8 Å². The zero-order valence-electron chi connectivity index (χ0n) is 11.7. The molecule has 0 atom stereocenters. The van der Waals surface area contributed by atoms with Gasteiger partial charge >= 0.3 is 0 Å². The van der Waals surface area contributed by atoms with Crippen molar-refractivity contribution in [2.45, 2.75) is 24.8 Å². The Morgan fingerprint density at radius 1 is 1.37 bits per heavy atom. The summed E-state index contributed by atoms with van der Waals surface area (Å²) in [7, 11) is 6.04. The first-order valence-electron chi connectivity index (χ1n) is 6.49. The van der Waals surface area contributed by atoms with Crippen molar-refractivity contribution in [2.24, 2.45) is 0 Å². The molecule has 0 bridgehead atoms. The zero-order valence-corrected chi connectivity index (χ0v) is 13.3. The van der Waals surface area contributed by atoms with Gasteiger partial charge in [0.1, 0.15) is 5.69 Å². The third-order valence-electron chi connectivity index (χ3n) is 4.06. The van der Waals surface area contributed by atoms with Crippen LogP contribution in [0, 0.1) is 0 Å². The van der Waals surface area contributed by atoms with Gasteiger partial charge < -0.3 is 9.80 Å². The van der Waals surface area contributed by atoms with Crippen LogP contribution >= 0.6 is 15.9 Å². The molecule has 1 aliphatic carbocycles. The minimum Gasteiger partial charge on any atom is -0.339 e. The molecule has 0 N–H and O–H groups in total. The molecule has 1 saturated carbocycles. The van der Waals surface area contributed by atoms with Gasteiger partial charge in [0.15, 0.2) is 0 Å². The van der Waals surface area contributed by atoms with Gasteiger partial charge in [0.25, 0.3) is 5.91 Å². The number of aromatic nitrogens is 1. The molecule has 104 valence electrons. The Morgan fingerprint density at radius 2 is 2.05 bits per heavy atom. The summed E-state index contributed by atoms with van der Waals surface area (Å²) in [5.41, 5.74) is 0.652. The number of hydrogen-bond donors (Lipinski definition) is 0. The van der Waals surface area contributed by atoms with Crippen LogP contribution in [0.3, 0.4) is 0 Å². The average molecular weight is 326 g/mol. The van der Waals surface area contributed by atoms with Gasteiger partial charge in [-0.1, -0.05) is 0 Å². The summed E-state index contributed by atoms with van der Waals surface area (Å²) in [6, 6.07) is 3.60. The number of amides is 1. The van der Waals surface area contributed by atoms with Crippen LogP contribution in [0.15, 0.2) is 22.8 Å². The Hall–Kier alpha value is -0.940. The lowest BCUT2D eigenvalue weighted by molar-refractivity contribution is 0.0250. The van der Waals surface area contributed by atoms with Crippen molar-refractivity contribution in [2.75, 3.05) is 27.7 Å². The molecule has 0 radical (unpaired) electrons. The number of carbonyl (C=O) groups excluding carboxylic acids is 1. The lowest BCUT2D eigenvalue weighted by Gasteiger charge is -2.49. The Balaban J connectivity index is 2.05. The van der Waals surface area contributed by atoms with Gasteiger partial charge in [0.05, 0.1) is 0 Å². The second kappa shape index (κ2) is 5.59. The fraction of sp³-hybridized carbons (Fsp3) is 0.571. The number of nitrogens with zero attached hydrogens (tertiary/aromatic N) is 3. The summed E-state index contributed by atoms with van der Waals surface area (Å²) >= 11 is 3.33. The van der Waals surface area contributed by atoms with E-state index in [1.54, 1.807) is 17.2 Å². The van der Waals surface area contributed by atoms with Gasteiger partial charge in [-0.2, -0.15) is 0 Å². The van der Waals surface area contributed by atoms with E-state index in [9.17, 15) is 4.79 Å². The largest absolute Gasteiger partial charge is 0.339 e. The summed E-state index contributed by atoms with van der Waals surface area (Å²) in [6.45, 7) is 0.760. The monoisotopic (exact) mass is 325 g/mol.